The van der Waals surface area contributed by atoms with Crippen molar-refractivity contribution in [1.82, 2.24) is 0 Å². The Morgan fingerprint density at radius 2 is 2.00 bits per heavy atom. The topological polar surface area (TPSA) is 85.3 Å². The zero-order valence-electron chi connectivity index (χ0n) is 18.8. The first-order valence-corrected chi connectivity index (χ1v) is 11.4. The number of nitrogens with zero attached hydrogens (tertiary/aromatic N) is 1. The Morgan fingerprint density at radius 3 is 2.73 bits per heavy atom. The molecule has 174 valence electrons. The minimum absolute atomic E-state index is 0.0857. The SMILES string of the molecule is CC(C)(C)[C@@H]1CCc2cc(Cl)cc3c2N1C(=O)[C@@H](CC(=O)O)O[C@@H]3c1cccc2c1OCO2. The number of anilines is 1. The molecule has 33 heavy (non-hydrogen) atoms. The minimum Gasteiger partial charge on any atom is -0.481 e. The molecule has 3 aliphatic rings. The lowest BCUT2D eigenvalue weighted by Gasteiger charge is -2.45. The number of fused-ring (bicyclic) bond motifs is 1. The van der Waals surface area contributed by atoms with Crippen molar-refractivity contribution in [2.45, 2.75) is 58.3 Å². The number of amides is 1. The van der Waals surface area contributed by atoms with Gasteiger partial charge >= 0.3 is 5.97 Å². The van der Waals surface area contributed by atoms with Crippen molar-refractivity contribution in [2.75, 3.05) is 11.7 Å². The molecule has 0 bridgehead atoms. The molecule has 1 N–H and O–H groups in total. The largest absolute Gasteiger partial charge is 0.481 e. The molecule has 0 aromatic heterocycles. The summed E-state index contributed by atoms with van der Waals surface area (Å²) in [7, 11) is 0. The van der Waals surface area contributed by atoms with Crippen LogP contribution in [0, 0.1) is 5.41 Å². The summed E-state index contributed by atoms with van der Waals surface area (Å²) in [5.41, 5.74) is 2.92. The molecule has 0 fully saturated rings. The molecule has 2 aromatic rings. The van der Waals surface area contributed by atoms with Crippen molar-refractivity contribution < 1.29 is 28.9 Å². The first-order chi connectivity index (χ1) is 15.6. The fraction of sp³-hybridized carbons (Fsp3) is 0.440. The van der Waals surface area contributed by atoms with E-state index < -0.39 is 24.6 Å². The highest BCUT2D eigenvalue weighted by molar-refractivity contribution is 6.31. The Balaban J connectivity index is 1.76. The average molecular weight is 472 g/mol. The Hall–Kier alpha value is -2.77. The zero-order chi connectivity index (χ0) is 23.5. The van der Waals surface area contributed by atoms with Gasteiger partial charge < -0.3 is 24.2 Å². The number of para-hydroxylation sites is 1. The van der Waals surface area contributed by atoms with Crippen LogP contribution in [0.25, 0.3) is 0 Å². The first kappa shape index (κ1) is 22.0. The van der Waals surface area contributed by atoms with Crippen LogP contribution in [-0.4, -0.2) is 35.9 Å². The van der Waals surface area contributed by atoms with Crippen LogP contribution in [0.2, 0.25) is 5.02 Å². The van der Waals surface area contributed by atoms with Crippen molar-refractivity contribution in [1.29, 1.82) is 0 Å². The number of ether oxygens (including phenoxy) is 3. The second-order valence-electron chi connectivity index (χ2n) is 9.82. The normalized spacial score (nSPS) is 23.8. The van der Waals surface area contributed by atoms with Crippen LogP contribution in [0.1, 0.15) is 56.4 Å². The van der Waals surface area contributed by atoms with E-state index in [9.17, 15) is 14.7 Å². The van der Waals surface area contributed by atoms with E-state index in [-0.39, 0.29) is 24.2 Å². The summed E-state index contributed by atoms with van der Waals surface area (Å²) >= 11 is 6.53. The standard InChI is InChI=1S/C25H26ClNO6/c1-25(2,3)19-8-7-13-9-14(26)10-16-21(13)27(19)24(30)18(11-20(28)29)33-22(16)15-5-4-6-17-23(15)32-12-31-17/h4-6,9-10,18-19,22H,7-8,11-12H2,1-3H3,(H,28,29)/t18-,19+,22-/m1/s1. The number of carbonyl (C=O) groups excluding carboxylic acids is 1. The molecule has 0 saturated heterocycles. The maximum Gasteiger partial charge on any atom is 0.306 e. The van der Waals surface area contributed by atoms with Crippen LogP contribution in [0.4, 0.5) is 5.69 Å². The van der Waals surface area contributed by atoms with E-state index in [1.807, 2.05) is 24.3 Å². The fourth-order valence-electron chi connectivity index (χ4n) is 5.17. The number of halogens is 1. The number of hydrogen-bond acceptors (Lipinski definition) is 5. The number of hydrogen-bond donors (Lipinski definition) is 1. The van der Waals surface area contributed by atoms with E-state index in [2.05, 4.69) is 20.8 Å². The molecule has 7 nitrogen and oxygen atoms in total. The molecule has 8 heteroatoms. The predicted octanol–water partition coefficient (Wildman–Crippen LogP) is 4.73. The van der Waals surface area contributed by atoms with Gasteiger partial charge in [-0.2, -0.15) is 0 Å². The van der Waals surface area contributed by atoms with Gasteiger partial charge in [0.1, 0.15) is 12.2 Å². The highest BCUT2D eigenvalue weighted by atomic mass is 35.5. The average Bonchev–Trinajstić information content (AvgIpc) is 3.19. The number of benzene rings is 2. The van der Waals surface area contributed by atoms with Gasteiger partial charge in [0.15, 0.2) is 11.5 Å². The summed E-state index contributed by atoms with van der Waals surface area (Å²) in [6, 6.07) is 9.08. The molecule has 2 aromatic carbocycles. The van der Waals surface area contributed by atoms with Crippen LogP contribution in [0.15, 0.2) is 30.3 Å². The van der Waals surface area contributed by atoms with Crippen molar-refractivity contribution in [3.63, 3.8) is 0 Å². The highest BCUT2D eigenvalue weighted by Crippen LogP contribution is 2.50. The second kappa shape index (κ2) is 7.92. The summed E-state index contributed by atoms with van der Waals surface area (Å²) in [6.07, 6.45) is -0.827. The van der Waals surface area contributed by atoms with Crippen LogP contribution in [0.5, 0.6) is 11.5 Å². The predicted molar refractivity (Wildman–Crippen MR) is 122 cm³/mol. The minimum atomic E-state index is -1.16. The van der Waals surface area contributed by atoms with Crippen molar-refractivity contribution in [2.24, 2.45) is 5.41 Å². The summed E-state index contributed by atoms with van der Waals surface area (Å²) in [5.74, 6) is -0.316. The van der Waals surface area contributed by atoms with Gasteiger partial charge in [0, 0.05) is 22.2 Å². The molecule has 3 aliphatic heterocycles. The van der Waals surface area contributed by atoms with E-state index in [4.69, 9.17) is 25.8 Å². The summed E-state index contributed by atoms with van der Waals surface area (Å²) in [5, 5.41) is 10.1. The summed E-state index contributed by atoms with van der Waals surface area (Å²) in [6.45, 7) is 6.37. The van der Waals surface area contributed by atoms with Gasteiger partial charge in [-0.05, 0) is 42.0 Å². The monoisotopic (exact) mass is 471 g/mol. The molecule has 3 atom stereocenters. The number of aliphatic carboxylic acids is 1. The molecule has 0 spiro atoms. The van der Waals surface area contributed by atoms with Gasteiger partial charge in [-0.1, -0.05) is 44.5 Å². The third-order valence-corrected chi connectivity index (χ3v) is 6.81. The zero-order valence-corrected chi connectivity index (χ0v) is 19.5. The van der Waals surface area contributed by atoms with Gasteiger partial charge in [0.05, 0.1) is 12.1 Å². The molecular weight excluding hydrogens is 446 g/mol. The van der Waals surface area contributed by atoms with E-state index in [0.717, 1.165) is 29.7 Å². The fourth-order valence-corrected chi connectivity index (χ4v) is 5.42. The van der Waals surface area contributed by atoms with E-state index in [0.29, 0.717) is 22.1 Å². The Morgan fingerprint density at radius 1 is 1.21 bits per heavy atom. The van der Waals surface area contributed by atoms with E-state index in [1.165, 1.54) is 0 Å². The molecule has 1 amide bonds. The molecule has 0 radical (unpaired) electrons. The van der Waals surface area contributed by atoms with Gasteiger partial charge in [0.25, 0.3) is 5.91 Å². The number of aryl methyl sites for hydroxylation is 1. The van der Waals surface area contributed by atoms with Gasteiger partial charge in [0.2, 0.25) is 6.79 Å². The third kappa shape index (κ3) is 3.73. The molecule has 5 rings (SSSR count). The maximum atomic E-state index is 13.9. The van der Waals surface area contributed by atoms with Gasteiger partial charge in [-0.25, -0.2) is 0 Å². The van der Waals surface area contributed by atoms with Crippen LogP contribution < -0.4 is 14.4 Å². The van der Waals surface area contributed by atoms with Gasteiger partial charge in [-0.3, -0.25) is 9.59 Å². The molecule has 0 saturated carbocycles. The summed E-state index contributed by atoms with van der Waals surface area (Å²) in [4.78, 5) is 27.4. The Kier molecular flexibility index (Phi) is 5.29. The van der Waals surface area contributed by atoms with Crippen molar-refractivity contribution in [3.05, 3.63) is 52.0 Å². The van der Waals surface area contributed by atoms with E-state index in [1.54, 1.807) is 11.0 Å². The first-order valence-electron chi connectivity index (χ1n) is 11.1. The Labute approximate surface area is 197 Å². The maximum absolute atomic E-state index is 13.9. The van der Waals surface area contributed by atoms with Crippen LogP contribution >= 0.6 is 11.6 Å². The molecule has 3 heterocycles. The number of carbonyl (C=O) groups is 2. The number of carboxylic acids is 1. The van der Waals surface area contributed by atoms with E-state index >= 15 is 0 Å². The number of rotatable bonds is 3. The van der Waals surface area contributed by atoms with Crippen LogP contribution in [0.3, 0.4) is 0 Å². The lowest BCUT2D eigenvalue weighted by atomic mass is 9.78. The molecule has 0 aliphatic carbocycles. The Bertz CT molecular complexity index is 1140. The summed E-state index contributed by atoms with van der Waals surface area (Å²) < 4.78 is 17.6. The lowest BCUT2D eigenvalue weighted by molar-refractivity contribution is -0.147. The highest BCUT2D eigenvalue weighted by Gasteiger charge is 2.47. The molecular formula is C25H26ClNO6. The quantitative estimate of drug-likeness (QED) is 0.696. The molecule has 0 unspecified atom stereocenters. The van der Waals surface area contributed by atoms with Crippen molar-refractivity contribution in [3.8, 4) is 11.5 Å². The number of carboxylic acid groups (broad SMARTS) is 1. The second-order valence-corrected chi connectivity index (χ2v) is 10.3. The third-order valence-electron chi connectivity index (χ3n) is 6.59. The van der Waals surface area contributed by atoms with Crippen LogP contribution in [-0.2, 0) is 20.7 Å². The smallest absolute Gasteiger partial charge is 0.306 e. The van der Waals surface area contributed by atoms with Gasteiger partial charge in [-0.15, -0.1) is 0 Å². The van der Waals surface area contributed by atoms with Crippen molar-refractivity contribution >= 4 is 29.2 Å². The lowest BCUT2D eigenvalue weighted by Crippen LogP contribution is -2.53.